The van der Waals surface area contributed by atoms with E-state index >= 15 is 0 Å². The van der Waals surface area contributed by atoms with Crippen LogP contribution < -0.4 is 10.1 Å². The van der Waals surface area contributed by atoms with E-state index in [0.29, 0.717) is 34.5 Å². The SMILES string of the molecule is CN(C)Cc1nc(C(=O)NCC(=O)C2CCC2)c(O)c2ccc(Oc3ccccc3)cc12. The van der Waals surface area contributed by atoms with E-state index in [2.05, 4.69) is 10.3 Å². The molecule has 7 nitrogen and oxygen atoms in total. The highest BCUT2D eigenvalue weighted by molar-refractivity contribution is 6.03. The van der Waals surface area contributed by atoms with Gasteiger partial charge < -0.3 is 20.1 Å². The number of amides is 1. The molecule has 2 aromatic carbocycles. The number of benzene rings is 2. The van der Waals surface area contributed by atoms with Gasteiger partial charge in [-0.3, -0.25) is 9.59 Å². The van der Waals surface area contributed by atoms with Gasteiger partial charge in [0, 0.05) is 23.2 Å². The highest BCUT2D eigenvalue weighted by Gasteiger charge is 2.26. The molecule has 3 aromatic rings. The van der Waals surface area contributed by atoms with Crippen LogP contribution in [-0.2, 0) is 11.3 Å². The maximum absolute atomic E-state index is 12.8. The Morgan fingerprint density at radius 2 is 1.84 bits per heavy atom. The van der Waals surface area contributed by atoms with Crippen molar-refractivity contribution in [2.24, 2.45) is 5.92 Å². The minimum atomic E-state index is -0.554. The summed E-state index contributed by atoms with van der Waals surface area (Å²) in [5.41, 5.74) is 0.560. The molecule has 166 valence electrons. The number of fused-ring (bicyclic) bond motifs is 1. The standard InChI is InChI=1S/C25H27N3O4/c1-28(2)15-21-20-13-18(32-17-9-4-3-5-10-17)11-12-19(20)24(30)23(27-21)25(31)26-14-22(29)16-7-6-8-16/h3-5,9-13,16,30H,6-8,14-15H2,1-2H3,(H,26,31). The Balaban J connectivity index is 1.65. The highest BCUT2D eigenvalue weighted by Crippen LogP contribution is 2.34. The van der Waals surface area contributed by atoms with Crippen LogP contribution in [0.15, 0.2) is 48.5 Å². The van der Waals surface area contributed by atoms with Crippen molar-refractivity contribution in [3.05, 3.63) is 59.9 Å². The van der Waals surface area contributed by atoms with Gasteiger partial charge in [-0.15, -0.1) is 0 Å². The molecule has 4 rings (SSSR count). The van der Waals surface area contributed by atoms with Gasteiger partial charge in [0.2, 0.25) is 0 Å². The summed E-state index contributed by atoms with van der Waals surface area (Å²) in [6, 6.07) is 14.7. The Morgan fingerprint density at radius 1 is 1.09 bits per heavy atom. The Hall–Kier alpha value is -3.45. The molecule has 1 amide bonds. The van der Waals surface area contributed by atoms with Gasteiger partial charge in [0.25, 0.3) is 5.91 Å². The summed E-state index contributed by atoms with van der Waals surface area (Å²) >= 11 is 0. The molecule has 32 heavy (non-hydrogen) atoms. The predicted octanol–water partition coefficient (Wildman–Crippen LogP) is 3.89. The number of carbonyl (C=O) groups is 2. The van der Waals surface area contributed by atoms with Gasteiger partial charge in [-0.25, -0.2) is 4.98 Å². The number of hydrogen-bond donors (Lipinski definition) is 2. The second kappa shape index (κ2) is 9.36. The van der Waals surface area contributed by atoms with E-state index in [1.54, 1.807) is 12.1 Å². The molecular weight excluding hydrogens is 406 g/mol. The summed E-state index contributed by atoms with van der Waals surface area (Å²) in [6.45, 7) is 0.419. The van der Waals surface area contributed by atoms with E-state index in [-0.39, 0.29) is 29.7 Å². The average molecular weight is 434 g/mol. The van der Waals surface area contributed by atoms with Crippen molar-refractivity contribution >= 4 is 22.5 Å². The molecule has 0 spiro atoms. The molecule has 1 aromatic heterocycles. The third kappa shape index (κ3) is 4.73. The molecule has 0 aliphatic heterocycles. The summed E-state index contributed by atoms with van der Waals surface area (Å²) in [4.78, 5) is 31.3. The monoisotopic (exact) mass is 433 g/mol. The summed E-state index contributed by atoms with van der Waals surface area (Å²) in [5.74, 6) is 0.615. The Kier molecular flexibility index (Phi) is 6.37. The zero-order valence-electron chi connectivity index (χ0n) is 18.3. The molecule has 1 fully saturated rings. The van der Waals surface area contributed by atoms with Crippen LogP contribution in [0.5, 0.6) is 17.2 Å². The number of ether oxygens (including phenoxy) is 1. The van der Waals surface area contributed by atoms with Crippen molar-refractivity contribution in [3.8, 4) is 17.2 Å². The lowest BCUT2D eigenvalue weighted by Gasteiger charge is -2.23. The average Bonchev–Trinajstić information content (AvgIpc) is 2.73. The molecule has 1 heterocycles. The third-order valence-electron chi connectivity index (χ3n) is 5.67. The lowest BCUT2D eigenvalue weighted by Crippen LogP contribution is -2.35. The summed E-state index contributed by atoms with van der Waals surface area (Å²) in [6.07, 6.45) is 2.82. The van der Waals surface area contributed by atoms with Crippen molar-refractivity contribution < 1.29 is 19.4 Å². The molecular formula is C25H27N3O4. The maximum Gasteiger partial charge on any atom is 0.274 e. The molecule has 7 heteroatoms. The van der Waals surface area contributed by atoms with Crippen molar-refractivity contribution in [1.82, 2.24) is 15.2 Å². The number of nitrogens with one attached hydrogen (secondary N) is 1. The normalized spacial score (nSPS) is 13.7. The van der Waals surface area contributed by atoms with Gasteiger partial charge in [0.15, 0.2) is 17.2 Å². The predicted molar refractivity (Wildman–Crippen MR) is 122 cm³/mol. The second-order valence-electron chi connectivity index (χ2n) is 8.39. The molecule has 0 radical (unpaired) electrons. The number of Topliss-reactive ketones (excluding diaryl/α,β-unsaturated/α-hetero) is 1. The van der Waals surface area contributed by atoms with E-state index < -0.39 is 5.91 Å². The number of aromatic hydroxyl groups is 1. The maximum atomic E-state index is 12.8. The summed E-state index contributed by atoms with van der Waals surface area (Å²) < 4.78 is 5.93. The van der Waals surface area contributed by atoms with Crippen molar-refractivity contribution in [3.63, 3.8) is 0 Å². The van der Waals surface area contributed by atoms with E-state index in [0.717, 1.165) is 19.3 Å². The van der Waals surface area contributed by atoms with Crippen molar-refractivity contribution in [2.75, 3.05) is 20.6 Å². The topological polar surface area (TPSA) is 91.8 Å². The molecule has 1 aliphatic rings. The Morgan fingerprint density at radius 3 is 2.50 bits per heavy atom. The molecule has 0 saturated heterocycles. The fourth-order valence-electron chi connectivity index (χ4n) is 3.74. The van der Waals surface area contributed by atoms with Crippen LogP contribution in [0.2, 0.25) is 0 Å². The first-order chi connectivity index (χ1) is 15.4. The summed E-state index contributed by atoms with van der Waals surface area (Å²) in [7, 11) is 3.81. The van der Waals surface area contributed by atoms with Crippen LogP contribution in [0.1, 0.15) is 35.4 Å². The lowest BCUT2D eigenvalue weighted by molar-refractivity contribution is -0.124. The summed E-state index contributed by atoms with van der Waals surface area (Å²) in [5, 5.41) is 14.7. The molecule has 0 atom stereocenters. The number of carbonyl (C=O) groups excluding carboxylic acids is 2. The second-order valence-corrected chi connectivity index (χ2v) is 8.39. The first-order valence-electron chi connectivity index (χ1n) is 10.8. The Labute approximate surface area is 187 Å². The van der Waals surface area contributed by atoms with Crippen LogP contribution >= 0.6 is 0 Å². The van der Waals surface area contributed by atoms with E-state index in [1.165, 1.54) is 0 Å². The quantitative estimate of drug-likeness (QED) is 0.560. The number of aromatic nitrogens is 1. The fourth-order valence-corrected chi connectivity index (χ4v) is 3.74. The van der Waals surface area contributed by atoms with Crippen molar-refractivity contribution in [1.29, 1.82) is 0 Å². The van der Waals surface area contributed by atoms with Crippen LogP contribution in [0, 0.1) is 5.92 Å². The van der Waals surface area contributed by atoms with Gasteiger partial charge in [-0.2, -0.15) is 0 Å². The number of ketones is 1. The highest BCUT2D eigenvalue weighted by atomic mass is 16.5. The fraction of sp³-hybridized carbons (Fsp3) is 0.320. The molecule has 1 aliphatic carbocycles. The zero-order valence-corrected chi connectivity index (χ0v) is 18.3. The first-order valence-corrected chi connectivity index (χ1v) is 10.8. The Bertz CT molecular complexity index is 1140. The largest absolute Gasteiger partial charge is 0.505 e. The van der Waals surface area contributed by atoms with Gasteiger partial charge >= 0.3 is 0 Å². The number of para-hydroxylation sites is 1. The van der Waals surface area contributed by atoms with Crippen molar-refractivity contribution in [2.45, 2.75) is 25.8 Å². The minimum absolute atomic E-state index is 0.0288. The van der Waals surface area contributed by atoms with Gasteiger partial charge in [0.05, 0.1) is 12.2 Å². The van der Waals surface area contributed by atoms with Gasteiger partial charge in [-0.05, 0) is 57.3 Å². The van der Waals surface area contributed by atoms with E-state index in [4.69, 9.17) is 4.74 Å². The smallest absolute Gasteiger partial charge is 0.274 e. The van der Waals surface area contributed by atoms with Gasteiger partial charge in [0.1, 0.15) is 11.5 Å². The molecule has 0 bridgehead atoms. The lowest BCUT2D eigenvalue weighted by atomic mass is 9.82. The van der Waals surface area contributed by atoms with Crippen LogP contribution in [-0.4, -0.2) is 47.3 Å². The first kappa shape index (κ1) is 21.8. The minimum Gasteiger partial charge on any atom is -0.505 e. The van der Waals surface area contributed by atoms with Crippen LogP contribution in [0.25, 0.3) is 10.8 Å². The molecule has 2 N–H and O–H groups in total. The van der Waals surface area contributed by atoms with Crippen LogP contribution in [0.4, 0.5) is 0 Å². The zero-order chi connectivity index (χ0) is 22.7. The van der Waals surface area contributed by atoms with E-state index in [1.807, 2.05) is 55.4 Å². The number of pyridine rings is 1. The van der Waals surface area contributed by atoms with E-state index in [9.17, 15) is 14.7 Å². The number of hydrogen-bond acceptors (Lipinski definition) is 6. The number of nitrogens with zero attached hydrogens (tertiary/aromatic N) is 2. The number of rotatable bonds is 8. The van der Waals surface area contributed by atoms with Crippen LogP contribution in [0.3, 0.4) is 0 Å². The molecule has 0 unspecified atom stereocenters. The third-order valence-corrected chi connectivity index (χ3v) is 5.67. The van der Waals surface area contributed by atoms with Gasteiger partial charge in [-0.1, -0.05) is 24.6 Å². The molecule has 1 saturated carbocycles.